The van der Waals surface area contributed by atoms with Crippen LogP contribution in [0.5, 0.6) is 0 Å². The van der Waals surface area contributed by atoms with Gasteiger partial charge in [0.1, 0.15) is 5.76 Å². The molecule has 1 unspecified atom stereocenters. The molecule has 2 aromatic heterocycles. The van der Waals surface area contributed by atoms with Crippen LogP contribution < -0.4 is 0 Å². The number of aliphatic hydroxyl groups excluding tert-OH is 1. The van der Waals surface area contributed by atoms with Crippen molar-refractivity contribution in [2.75, 3.05) is 0 Å². The number of nitrogens with zero attached hydrogens (tertiary/aromatic N) is 1. The van der Waals surface area contributed by atoms with Crippen LogP contribution in [-0.4, -0.2) is 10.1 Å². The van der Waals surface area contributed by atoms with Crippen molar-refractivity contribution in [2.45, 2.75) is 6.10 Å². The summed E-state index contributed by atoms with van der Waals surface area (Å²) < 4.78 is 9.88. The summed E-state index contributed by atoms with van der Waals surface area (Å²) in [5.74, 6) is 0.830. The Hall–Kier alpha value is -1.55. The minimum Gasteiger partial charge on any atom is -0.466 e. The molecule has 2 heterocycles. The molecule has 0 aromatic carbocycles. The second-order valence-electron chi connectivity index (χ2n) is 2.32. The molecule has 0 bridgehead atoms. The van der Waals surface area contributed by atoms with Crippen LogP contribution in [0.3, 0.4) is 0 Å². The molecule has 0 saturated heterocycles. The zero-order chi connectivity index (χ0) is 8.39. The number of rotatable bonds is 2. The van der Waals surface area contributed by atoms with E-state index in [0.717, 1.165) is 0 Å². The van der Waals surface area contributed by atoms with Gasteiger partial charge in [-0.3, -0.25) is 0 Å². The van der Waals surface area contributed by atoms with Crippen molar-refractivity contribution in [1.29, 1.82) is 0 Å². The summed E-state index contributed by atoms with van der Waals surface area (Å²) in [6, 6.07) is 3.38. The van der Waals surface area contributed by atoms with Crippen molar-refractivity contribution in [1.82, 2.24) is 4.98 Å². The topological polar surface area (TPSA) is 59.4 Å². The minimum atomic E-state index is -0.859. The maximum Gasteiger partial charge on any atom is 0.181 e. The SMILES string of the molecule is OC(c1ccco1)c1cnco1. The first-order valence-electron chi connectivity index (χ1n) is 3.48. The van der Waals surface area contributed by atoms with Crippen LogP contribution in [0.2, 0.25) is 0 Å². The second kappa shape index (κ2) is 2.83. The number of oxazole rings is 1. The van der Waals surface area contributed by atoms with Crippen LogP contribution in [0.1, 0.15) is 17.6 Å². The van der Waals surface area contributed by atoms with E-state index < -0.39 is 6.10 Å². The highest BCUT2D eigenvalue weighted by Crippen LogP contribution is 2.20. The number of hydrogen-bond donors (Lipinski definition) is 1. The molecule has 62 valence electrons. The van der Waals surface area contributed by atoms with Crippen LogP contribution in [0, 0.1) is 0 Å². The maximum absolute atomic E-state index is 9.54. The molecule has 12 heavy (non-hydrogen) atoms. The molecule has 4 nitrogen and oxygen atoms in total. The predicted octanol–water partition coefficient (Wildman–Crippen LogP) is 1.35. The molecular formula is C8H7NO3. The van der Waals surface area contributed by atoms with Gasteiger partial charge in [-0.2, -0.15) is 0 Å². The number of aromatic nitrogens is 1. The Morgan fingerprint density at radius 2 is 2.25 bits per heavy atom. The molecule has 0 radical (unpaired) electrons. The Bertz CT molecular complexity index is 291. The van der Waals surface area contributed by atoms with E-state index in [2.05, 4.69) is 4.98 Å². The highest BCUT2D eigenvalue weighted by Gasteiger charge is 2.15. The van der Waals surface area contributed by atoms with E-state index in [1.165, 1.54) is 18.9 Å². The first-order chi connectivity index (χ1) is 5.88. The standard InChI is InChI=1S/C8H7NO3/c10-8(6-2-1-3-11-6)7-4-9-5-12-7/h1-5,8,10H. The van der Waals surface area contributed by atoms with Crippen molar-refractivity contribution < 1.29 is 13.9 Å². The molecule has 0 aliphatic carbocycles. The van der Waals surface area contributed by atoms with Gasteiger partial charge in [0.25, 0.3) is 0 Å². The van der Waals surface area contributed by atoms with Crippen molar-refractivity contribution in [3.05, 3.63) is 42.5 Å². The zero-order valence-electron chi connectivity index (χ0n) is 6.18. The fourth-order valence-electron chi connectivity index (χ4n) is 0.948. The predicted molar refractivity (Wildman–Crippen MR) is 39.3 cm³/mol. The lowest BCUT2D eigenvalue weighted by Gasteiger charge is -2.01. The molecule has 2 aromatic rings. The molecule has 0 fully saturated rings. The van der Waals surface area contributed by atoms with Crippen LogP contribution >= 0.6 is 0 Å². The summed E-state index contributed by atoms with van der Waals surface area (Å²) in [5, 5.41) is 9.54. The lowest BCUT2D eigenvalue weighted by atomic mass is 10.2. The molecule has 1 atom stereocenters. The van der Waals surface area contributed by atoms with Gasteiger partial charge in [0, 0.05) is 0 Å². The van der Waals surface area contributed by atoms with Gasteiger partial charge in [0.2, 0.25) is 0 Å². The molecular weight excluding hydrogens is 158 g/mol. The summed E-state index contributed by atoms with van der Waals surface area (Å²) in [4.78, 5) is 3.68. The minimum absolute atomic E-state index is 0.380. The normalized spacial score (nSPS) is 13.1. The third-order valence-electron chi connectivity index (χ3n) is 1.53. The van der Waals surface area contributed by atoms with Crippen LogP contribution in [0.4, 0.5) is 0 Å². The molecule has 0 saturated carbocycles. The summed E-state index contributed by atoms with van der Waals surface area (Å²) in [7, 11) is 0. The van der Waals surface area contributed by atoms with E-state index in [1.54, 1.807) is 12.1 Å². The summed E-state index contributed by atoms with van der Waals surface area (Å²) in [6.45, 7) is 0. The van der Waals surface area contributed by atoms with Crippen molar-refractivity contribution >= 4 is 0 Å². The van der Waals surface area contributed by atoms with E-state index in [0.29, 0.717) is 11.5 Å². The molecule has 2 rings (SSSR count). The van der Waals surface area contributed by atoms with Crippen molar-refractivity contribution in [3.63, 3.8) is 0 Å². The third-order valence-corrected chi connectivity index (χ3v) is 1.53. The Balaban J connectivity index is 2.27. The van der Waals surface area contributed by atoms with Crippen LogP contribution in [-0.2, 0) is 0 Å². The fourth-order valence-corrected chi connectivity index (χ4v) is 0.948. The molecule has 4 heteroatoms. The van der Waals surface area contributed by atoms with Crippen LogP contribution in [0.25, 0.3) is 0 Å². The monoisotopic (exact) mass is 165 g/mol. The average molecular weight is 165 g/mol. The van der Waals surface area contributed by atoms with E-state index in [1.807, 2.05) is 0 Å². The van der Waals surface area contributed by atoms with E-state index >= 15 is 0 Å². The zero-order valence-corrected chi connectivity index (χ0v) is 6.18. The van der Waals surface area contributed by atoms with Gasteiger partial charge in [0.05, 0.1) is 12.5 Å². The van der Waals surface area contributed by atoms with Gasteiger partial charge in [-0.25, -0.2) is 4.98 Å². The fraction of sp³-hybridized carbons (Fsp3) is 0.125. The molecule has 0 spiro atoms. The third kappa shape index (κ3) is 1.12. The van der Waals surface area contributed by atoms with Gasteiger partial charge >= 0.3 is 0 Å². The largest absolute Gasteiger partial charge is 0.466 e. The Morgan fingerprint density at radius 1 is 1.33 bits per heavy atom. The van der Waals surface area contributed by atoms with E-state index in [-0.39, 0.29) is 0 Å². The molecule has 0 amide bonds. The lowest BCUT2D eigenvalue weighted by molar-refractivity contribution is 0.162. The molecule has 1 N–H and O–H groups in total. The highest BCUT2D eigenvalue weighted by atomic mass is 16.4. The quantitative estimate of drug-likeness (QED) is 0.729. The first kappa shape index (κ1) is 7.12. The Morgan fingerprint density at radius 3 is 2.83 bits per heavy atom. The summed E-state index contributed by atoms with van der Waals surface area (Å²) in [5.41, 5.74) is 0. The van der Waals surface area contributed by atoms with Gasteiger partial charge in [-0.05, 0) is 12.1 Å². The first-order valence-corrected chi connectivity index (χ1v) is 3.48. The van der Waals surface area contributed by atoms with Gasteiger partial charge < -0.3 is 13.9 Å². The smallest absolute Gasteiger partial charge is 0.181 e. The maximum atomic E-state index is 9.54. The highest BCUT2D eigenvalue weighted by molar-refractivity contribution is 5.12. The van der Waals surface area contributed by atoms with E-state index in [9.17, 15) is 5.11 Å². The van der Waals surface area contributed by atoms with Crippen LogP contribution in [0.15, 0.2) is 39.8 Å². The average Bonchev–Trinajstić information content (AvgIpc) is 2.77. The number of furan rings is 1. The van der Waals surface area contributed by atoms with Gasteiger partial charge in [0.15, 0.2) is 18.3 Å². The number of hydrogen-bond acceptors (Lipinski definition) is 4. The van der Waals surface area contributed by atoms with Crippen molar-refractivity contribution in [2.24, 2.45) is 0 Å². The van der Waals surface area contributed by atoms with Gasteiger partial charge in [-0.1, -0.05) is 0 Å². The Labute approximate surface area is 68.5 Å². The second-order valence-corrected chi connectivity index (χ2v) is 2.32. The molecule has 0 aliphatic heterocycles. The van der Waals surface area contributed by atoms with Crippen molar-refractivity contribution in [3.8, 4) is 0 Å². The van der Waals surface area contributed by atoms with E-state index in [4.69, 9.17) is 8.83 Å². The summed E-state index contributed by atoms with van der Waals surface area (Å²) >= 11 is 0. The summed E-state index contributed by atoms with van der Waals surface area (Å²) in [6.07, 6.45) is 3.35. The lowest BCUT2D eigenvalue weighted by Crippen LogP contribution is -1.95. The molecule has 0 aliphatic rings. The Kier molecular flexibility index (Phi) is 1.68. The number of aliphatic hydroxyl groups is 1. The van der Waals surface area contributed by atoms with Gasteiger partial charge in [-0.15, -0.1) is 0 Å².